The first kappa shape index (κ1) is 23.0. The molecule has 0 unspecified atom stereocenters. The summed E-state index contributed by atoms with van der Waals surface area (Å²) in [7, 11) is 0. The van der Waals surface area contributed by atoms with Crippen LogP contribution in [0.1, 0.15) is 60.5 Å². The number of anilines is 1. The van der Waals surface area contributed by atoms with Crippen molar-refractivity contribution < 1.29 is 19.1 Å². The molecule has 0 saturated carbocycles. The number of carbonyl (C=O) groups is 3. The molecule has 0 spiro atoms. The number of ether oxygens (including phenoxy) is 1. The van der Waals surface area contributed by atoms with Gasteiger partial charge in [-0.25, -0.2) is 0 Å². The fourth-order valence-corrected chi connectivity index (χ4v) is 4.82. The number of likely N-dealkylation sites (tertiary alicyclic amines) is 1. The van der Waals surface area contributed by atoms with Gasteiger partial charge in [0.15, 0.2) is 0 Å². The van der Waals surface area contributed by atoms with Gasteiger partial charge in [-0.15, -0.1) is 0 Å². The molecule has 2 aliphatic rings. The fourth-order valence-electron chi connectivity index (χ4n) is 4.82. The van der Waals surface area contributed by atoms with E-state index in [0.717, 1.165) is 44.2 Å². The second-order valence-corrected chi connectivity index (χ2v) is 8.91. The first-order valence-corrected chi connectivity index (χ1v) is 11.9. The molecule has 2 amide bonds. The van der Waals surface area contributed by atoms with Crippen molar-refractivity contribution in [3.63, 3.8) is 0 Å². The molecular weight excluding hydrogens is 416 g/mol. The van der Waals surface area contributed by atoms with Crippen molar-refractivity contribution in [1.29, 1.82) is 0 Å². The van der Waals surface area contributed by atoms with Gasteiger partial charge < -0.3 is 14.5 Å². The normalized spacial score (nSPS) is 16.5. The Morgan fingerprint density at radius 3 is 2.42 bits per heavy atom. The van der Waals surface area contributed by atoms with Crippen molar-refractivity contribution in [2.75, 3.05) is 24.6 Å². The first-order valence-electron chi connectivity index (χ1n) is 11.9. The Bertz CT molecular complexity index is 993. The predicted octanol–water partition coefficient (Wildman–Crippen LogP) is 4.16. The molecule has 0 atom stereocenters. The maximum atomic E-state index is 13.0. The quantitative estimate of drug-likeness (QED) is 0.471. The molecule has 6 nitrogen and oxygen atoms in total. The topological polar surface area (TPSA) is 66.9 Å². The minimum Gasteiger partial charge on any atom is -0.466 e. The van der Waals surface area contributed by atoms with E-state index < -0.39 is 0 Å². The number of nitrogens with zero attached hydrogens (tertiary/aromatic N) is 2. The lowest BCUT2D eigenvalue weighted by atomic mass is 9.95. The van der Waals surface area contributed by atoms with E-state index in [2.05, 4.69) is 6.07 Å². The van der Waals surface area contributed by atoms with Gasteiger partial charge in [0.25, 0.3) is 5.91 Å². The third-order valence-electron chi connectivity index (χ3n) is 6.61. The van der Waals surface area contributed by atoms with Gasteiger partial charge in [-0.1, -0.05) is 30.3 Å². The van der Waals surface area contributed by atoms with Crippen LogP contribution in [-0.4, -0.2) is 48.4 Å². The van der Waals surface area contributed by atoms with Crippen molar-refractivity contribution in [3.05, 3.63) is 65.2 Å². The summed E-state index contributed by atoms with van der Waals surface area (Å²) in [5.41, 5.74) is 4.16. The van der Waals surface area contributed by atoms with Crippen molar-refractivity contribution in [1.82, 2.24) is 4.90 Å². The Hall–Kier alpha value is -3.15. The highest BCUT2D eigenvalue weighted by Crippen LogP contribution is 2.32. The number of benzene rings is 2. The summed E-state index contributed by atoms with van der Waals surface area (Å²) in [6.07, 6.45) is 5.63. The van der Waals surface area contributed by atoms with Crippen LogP contribution in [-0.2, 0) is 27.2 Å². The average molecular weight is 449 g/mol. The molecule has 1 saturated heterocycles. The number of piperidine rings is 1. The number of carbonyl (C=O) groups excluding carboxylic acids is 3. The van der Waals surface area contributed by atoms with E-state index in [1.165, 1.54) is 18.1 Å². The molecule has 0 N–H and O–H groups in total. The van der Waals surface area contributed by atoms with Crippen molar-refractivity contribution in [2.24, 2.45) is 0 Å². The number of rotatable bonds is 7. The van der Waals surface area contributed by atoms with Gasteiger partial charge in [-0.3, -0.25) is 14.4 Å². The number of hydrogen-bond acceptors (Lipinski definition) is 4. The van der Waals surface area contributed by atoms with E-state index in [-0.39, 0.29) is 23.8 Å². The number of aryl methyl sites for hydroxylation is 2. The zero-order chi connectivity index (χ0) is 23.2. The van der Waals surface area contributed by atoms with Crippen molar-refractivity contribution in [2.45, 2.75) is 57.9 Å². The van der Waals surface area contributed by atoms with Gasteiger partial charge >= 0.3 is 5.97 Å². The SMILES string of the molecule is CC(=O)OCCCCc1ccc(C(=O)N2CCC(N3C(=O)CCc4ccccc43)CC2)cc1. The van der Waals surface area contributed by atoms with Gasteiger partial charge in [-0.2, -0.15) is 0 Å². The molecule has 2 aliphatic heterocycles. The first-order chi connectivity index (χ1) is 16.0. The number of hydrogen-bond donors (Lipinski definition) is 0. The molecule has 0 radical (unpaired) electrons. The van der Waals surface area contributed by atoms with Crippen molar-refractivity contribution >= 4 is 23.5 Å². The Balaban J connectivity index is 1.29. The smallest absolute Gasteiger partial charge is 0.302 e. The van der Waals surface area contributed by atoms with Crippen LogP contribution in [0.4, 0.5) is 5.69 Å². The van der Waals surface area contributed by atoms with Crippen LogP contribution in [0.5, 0.6) is 0 Å². The number of esters is 1. The molecule has 2 aromatic carbocycles. The van der Waals surface area contributed by atoms with Gasteiger partial charge in [0.2, 0.25) is 5.91 Å². The molecule has 33 heavy (non-hydrogen) atoms. The molecule has 6 heteroatoms. The van der Waals surface area contributed by atoms with Crippen LogP contribution in [0.25, 0.3) is 0 Å². The fraction of sp³-hybridized carbons (Fsp3) is 0.444. The van der Waals surface area contributed by atoms with E-state index >= 15 is 0 Å². The van der Waals surface area contributed by atoms with Crippen LogP contribution >= 0.6 is 0 Å². The summed E-state index contributed by atoms with van der Waals surface area (Å²) < 4.78 is 4.96. The molecule has 1 fully saturated rings. The summed E-state index contributed by atoms with van der Waals surface area (Å²) >= 11 is 0. The minimum atomic E-state index is -0.241. The summed E-state index contributed by atoms with van der Waals surface area (Å²) in [6.45, 7) is 3.20. The lowest BCUT2D eigenvalue weighted by Crippen LogP contribution is -2.50. The second-order valence-electron chi connectivity index (χ2n) is 8.91. The number of unbranched alkanes of at least 4 members (excludes halogenated alkanes) is 1. The van der Waals surface area contributed by atoms with Crippen LogP contribution in [0.3, 0.4) is 0 Å². The van der Waals surface area contributed by atoms with Crippen LogP contribution < -0.4 is 4.90 Å². The second kappa shape index (κ2) is 10.6. The molecule has 174 valence electrons. The standard InChI is InChI=1S/C27H32N2O4/c1-20(30)33-19-5-4-6-21-9-11-23(12-10-21)27(32)28-17-15-24(16-18-28)29-25-8-3-2-7-22(25)13-14-26(29)31/h2-3,7-12,24H,4-6,13-19H2,1H3. The third kappa shape index (κ3) is 5.62. The highest BCUT2D eigenvalue weighted by molar-refractivity contribution is 5.97. The van der Waals surface area contributed by atoms with E-state index in [9.17, 15) is 14.4 Å². The van der Waals surface area contributed by atoms with Gasteiger partial charge in [0.1, 0.15) is 0 Å². The molecule has 2 heterocycles. The largest absolute Gasteiger partial charge is 0.466 e. The maximum Gasteiger partial charge on any atom is 0.302 e. The lowest BCUT2D eigenvalue weighted by molar-refractivity contribution is -0.141. The number of fused-ring (bicyclic) bond motifs is 1. The highest BCUT2D eigenvalue weighted by atomic mass is 16.5. The van der Waals surface area contributed by atoms with E-state index in [0.29, 0.717) is 31.7 Å². The van der Waals surface area contributed by atoms with Gasteiger partial charge in [0, 0.05) is 43.7 Å². The molecule has 4 rings (SSSR count). The summed E-state index contributed by atoms with van der Waals surface area (Å²) in [5.74, 6) is 0.0105. The molecule has 0 aromatic heterocycles. The predicted molar refractivity (Wildman–Crippen MR) is 127 cm³/mol. The molecule has 2 aromatic rings. The average Bonchev–Trinajstić information content (AvgIpc) is 2.84. The number of para-hydroxylation sites is 1. The Morgan fingerprint density at radius 2 is 1.70 bits per heavy atom. The van der Waals surface area contributed by atoms with Gasteiger partial charge in [-0.05, 0) is 67.9 Å². The minimum absolute atomic E-state index is 0.0558. The van der Waals surface area contributed by atoms with Crippen LogP contribution in [0.15, 0.2) is 48.5 Å². The lowest BCUT2D eigenvalue weighted by Gasteiger charge is -2.41. The molecule has 0 aliphatic carbocycles. The van der Waals surface area contributed by atoms with E-state index in [1.807, 2.05) is 52.3 Å². The monoisotopic (exact) mass is 448 g/mol. The Morgan fingerprint density at radius 1 is 0.970 bits per heavy atom. The molecule has 0 bridgehead atoms. The zero-order valence-electron chi connectivity index (χ0n) is 19.3. The van der Waals surface area contributed by atoms with Crippen LogP contribution in [0, 0.1) is 0 Å². The summed E-state index contributed by atoms with van der Waals surface area (Å²) in [6, 6.07) is 16.1. The van der Waals surface area contributed by atoms with E-state index in [1.54, 1.807) is 0 Å². The van der Waals surface area contributed by atoms with Crippen LogP contribution in [0.2, 0.25) is 0 Å². The molecular formula is C27H32N2O4. The zero-order valence-corrected chi connectivity index (χ0v) is 19.3. The Labute approximate surface area is 195 Å². The number of amides is 2. The highest BCUT2D eigenvalue weighted by Gasteiger charge is 2.33. The van der Waals surface area contributed by atoms with Crippen molar-refractivity contribution in [3.8, 4) is 0 Å². The van der Waals surface area contributed by atoms with Gasteiger partial charge in [0.05, 0.1) is 6.61 Å². The third-order valence-corrected chi connectivity index (χ3v) is 6.61. The Kier molecular flexibility index (Phi) is 7.43. The maximum absolute atomic E-state index is 13.0. The summed E-state index contributed by atoms with van der Waals surface area (Å²) in [4.78, 5) is 40.4. The summed E-state index contributed by atoms with van der Waals surface area (Å²) in [5, 5.41) is 0. The van der Waals surface area contributed by atoms with E-state index in [4.69, 9.17) is 4.74 Å².